The number of unbranched alkanes of at least 4 members (excludes halogenated alkanes) is 28. The summed E-state index contributed by atoms with van der Waals surface area (Å²) in [4.78, 5) is 0. The fourth-order valence-electron chi connectivity index (χ4n) is 6.68. The molecule has 0 bridgehead atoms. The maximum atomic E-state index is 2.63. The van der Waals surface area contributed by atoms with Crippen LogP contribution in [0.2, 0.25) is 0 Å². The first-order valence-corrected chi connectivity index (χ1v) is 19.9. The minimum Gasteiger partial charge on any atom is -0.234 e. The van der Waals surface area contributed by atoms with Crippen molar-refractivity contribution >= 4 is 0 Å². The van der Waals surface area contributed by atoms with E-state index >= 15 is 0 Å². The summed E-state index contributed by atoms with van der Waals surface area (Å²) >= 11 is 0. The Hall–Kier alpha value is -0.790. The molecule has 0 aromatic carbocycles. The lowest BCUT2D eigenvalue weighted by Crippen LogP contribution is -2.37. The molecule has 1 rings (SSSR count). The average Bonchev–Trinajstić information content (AvgIpc) is 3.38. The maximum absolute atomic E-state index is 2.63. The lowest BCUT2D eigenvalue weighted by Gasteiger charge is -2.07. The number of hydrogen-bond donors (Lipinski definition) is 0. The monoisotopic (exact) mass is 588 g/mol. The van der Waals surface area contributed by atoms with Crippen molar-refractivity contribution in [1.29, 1.82) is 0 Å². The molecule has 1 heterocycles. The second kappa shape index (κ2) is 31.6. The largest absolute Gasteiger partial charge is 0.256 e. The number of rotatable bonds is 34. The summed E-state index contributed by atoms with van der Waals surface area (Å²) in [6, 6.07) is 0. The molecule has 2 nitrogen and oxygen atoms in total. The number of aromatic nitrogens is 2. The van der Waals surface area contributed by atoms with Crippen molar-refractivity contribution in [2.24, 2.45) is 0 Å². The van der Waals surface area contributed by atoms with E-state index in [9.17, 15) is 0 Å². The van der Waals surface area contributed by atoms with Crippen LogP contribution < -0.4 is 4.57 Å². The van der Waals surface area contributed by atoms with E-state index in [4.69, 9.17) is 0 Å². The Morgan fingerprint density at radius 1 is 0.405 bits per heavy atom. The Balaban J connectivity index is 2.22. The molecule has 0 aliphatic carbocycles. The van der Waals surface area contributed by atoms with E-state index in [2.05, 4.69) is 42.3 Å². The predicted molar refractivity (Wildman–Crippen MR) is 188 cm³/mol. The van der Waals surface area contributed by atoms with Crippen LogP contribution in [0.1, 0.15) is 226 Å². The van der Waals surface area contributed by atoms with Gasteiger partial charge in [-0.25, -0.2) is 9.13 Å². The molecule has 0 saturated heterocycles. The van der Waals surface area contributed by atoms with Gasteiger partial charge in [-0.2, -0.15) is 0 Å². The fraction of sp³-hybridized carbons (Fsp3) is 0.925. The van der Waals surface area contributed by atoms with Crippen molar-refractivity contribution in [3.8, 4) is 0 Å². The van der Waals surface area contributed by atoms with Crippen molar-refractivity contribution in [3.05, 3.63) is 18.2 Å². The van der Waals surface area contributed by atoms with Crippen molar-refractivity contribution in [2.45, 2.75) is 239 Å². The molecule has 0 spiro atoms. The van der Waals surface area contributed by atoms with Crippen LogP contribution in [0.4, 0.5) is 0 Å². The topological polar surface area (TPSA) is 8.81 Å². The molecular weight excluding hydrogens is 508 g/mol. The van der Waals surface area contributed by atoms with Gasteiger partial charge in [-0.1, -0.05) is 188 Å². The zero-order valence-electron chi connectivity index (χ0n) is 29.6. The van der Waals surface area contributed by atoms with Gasteiger partial charge in [0, 0.05) is 6.42 Å². The third kappa shape index (κ3) is 23.6. The van der Waals surface area contributed by atoms with Crippen LogP contribution in [0, 0.1) is 0 Å². The lowest BCUT2D eigenvalue weighted by atomic mass is 10.0. The van der Waals surface area contributed by atoms with Crippen LogP contribution in [0.3, 0.4) is 0 Å². The third-order valence-corrected chi connectivity index (χ3v) is 9.60. The summed E-state index contributed by atoms with van der Waals surface area (Å²) in [5, 5.41) is 0. The second-order valence-electron chi connectivity index (χ2n) is 13.8. The Kier molecular flexibility index (Phi) is 29.5. The van der Waals surface area contributed by atoms with E-state index in [1.54, 1.807) is 5.82 Å². The van der Waals surface area contributed by atoms with Crippen LogP contribution >= 0.6 is 0 Å². The van der Waals surface area contributed by atoms with Gasteiger partial charge in [0.2, 0.25) is 0 Å². The first-order valence-electron chi connectivity index (χ1n) is 19.9. The maximum Gasteiger partial charge on any atom is 0.256 e. The molecule has 0 aliphatic rings. The van der Waals surface area contributed by atoms with E-state index in [0.717, 1.165) is 0 Å². The molecular formula is C40H79N2+. The van der Waals surface area contributed by atoms with Crippen molar-refractivity contribution in [1.82, 2.24) is 4.57 Å². The zero-order chi connectivity index (χ0) is 30.2. The summed E-state index contributed by atoms with van der Waals surface area (Å²) in [7, 11) is 0. The van der Waals surface area contributed by atoms with Crippen LogP contribution in [-0.2, 0) is 19.5 Å². The van der Waals surface area contributed by atoms with Gasteiger partial charge >= 0.3 is 0 Å². The van der Waals surface area contributed by atoms with Crippen LogP contribution in [0.15, 0.2) is 12.4 Å². The number of aryl methyl sites for hydroxylation is 2. The third-order valence-electron chi connectivity index (χ3n) is 9.60. The highest BCUT2D eigenvalue weighted by Gasteiger charge is 2.16. The highest BCUT2D eigenvalue weighted by Crippen LogP contribution is 2.15. The van der Waals surface area contributed by atoms with E-state index in [1.165, 1.54) is 219 Å². The molecule has 42 heavy (non-hydrogen) atoms. The van der Waals surface area contributed by atoms with Crippen molar-refractivity contribution in [2.75, 3.05) is 0 Å². The van der Waals surface area contributed by atoms with Crippen LogP contribution in [-0.4, -0.2) is 4.57 Å². The van der Waals surface area contributed by atoms with E-state index in [-0.39, 0.29) is 0 Å². The number of hydrogen-bond acceptors (Lipinski definition) is 0. The van der Waals surface area contributed by atoms with E-state index in [1.807, 2.05) is 0 Å². The molecule has 2 heteroatoms. The normalized spacial score (nSPS) is 11.6. The zero-order valence-corrected chi connectivity index (χ0v) is 29.6. The van der Waals surface area contributed by atoms with Gasteiger partial charge in [-0.05, 0) is 32.1 Å². The summed E-state index contributed by atoms with van der Waals surface area (Å²) in [5.74, 6) is 1.62. The Morgan fingerprint density at radius 2 is 0.738 bits per heavy atom. The van der Waals surface area contributed by atoms with E-state index in [0.29, 0.717) is 0 Å². The molecule has 0 atom stereocenters. The number of imidazole rings is 1. The molecule has 1 aromatic heterocycles. The Morgan fingerprint density at radius 3 is 1.14 bits per heavy atom. The first-order chi connectivity index (χ1) is 20.8. The molecule has 0 amide bonds. The Labute approximate surface area is 266 Å². The summed E-state index contributed by atoms with van der Waals surface area (Å²) in [6.07, 6.45) is 50.4. The number of nitrogens with zero attached hydrogens (tertiary/aromatic N) is 2. The molecule has 0 N–H and O–H groups in total. The molecule has 0 saturated carbocycles. The van der Waals surface area contributed by atoms with Gasteiger partial charge in [0.05, 0.1) is 13.1 Å². The van der Waals surface area contributed by atoms with Gasteiger partial charge in [-0.3, -0.25) is 0 Å². The SMILES string of the molecule is CCCCCCCCCCCCCCCCCCc1n(CCCCCCCCCC)cc[n+]1CCCCCCCCC. The quantitative estimate of drug-likeness (QED) is 0.0560. The van der Waals surface area contributed by atoms with Gasteiger partial charge in [0.25, 0.3) is 5.82 Å². The molecule has 0 radical (unpaired) electrons. The van der Waals surface area contributed by atoms with Crippen molar-refractivity contribution in [3.63, 3.8) is 0 Å². The molecule has 1 aromatic rings. The van der Waals surface area contributed by atoms with Gasteiger partial charge < -0.3 is 0 Å². The standard InChI is InChI=1S/C40H79N2/c1-4-7-10-13-16-18-19-20-21-22-23-24-25-26-29-32-35-40-41(36-33-30-27-15-12-9-6-3)38-39-42(40)37-34-31-28-17-14-11-8-5-2/h38-39H,4-37H2,1-3H3/q+1. The fourth-order valence-corrected chi connectivity index (χ4v) is 6.68. The summed E-state index contributed by atoms with van der Waals surface area (Å²) in [6.45, 7) is 9.40. The molecule has 0 fully saturated rings. The molecule has 248 valence electrons. The first kappa shape index (κ1) is 39.2. The van der Waals surface area contributed by atoms with Gasteiger partial charge in [0.1, 0.15) is 12.4 Å². The highest BCUT2D eigenvalue weighted by atomic mass is 15.1. The van der Waals surface area contributed by atoms with Gasteiger partial charge in [0.15, 0.2) is 0 Å². The summed E-state index contributed by atoms with van der Waals surface area (Å²) in [5.41, 5.74) is 0. The Bertz CT molecular complexity index is 648. The smallest absolute Gasteiger partial charge is 0.234 e. The van der Waals surface area contributed by atoms with Gasteiger partial charge in [-0.15, -0.1) is 0 Å². The highest BCUT2D eigenvalue weighted by molar-refractivity contribution is 4.84. The van der Waals surface area contributed by atoms with Crippen LogP contribution in [0.5, 0.6) is 0 Å². The molecule has 0 aliphatic heterocycles. The predicted octanol–water partition coefficient (Wildman–Crippen LogP) is 13.5. The lowest BCUT2D eigenvalue weighted by molar-refractivity contribution is -0.704. The summed E-state index contributed by atoms with van der Waals surface area (Å²) < 4.78 is 5.26. The van der Waals surface area contributed by atoms with Crippen LogP contribution in [0.25, 0.3) is 0 Å². The second-order valence-corrected chi connectivity index (χ2v) is 13.8. The van der Waals surface area contributed by atoms with Crippen molar-refractivity contribution < 1.29 is 4.57 Å². The minimum atomic E-state index is 1.23. The molecule has 0 unspecified atom stereocenters. The average molecular weight is 588 g/mol. The van der Waals surface area contributed by atoms with E-state index < -0.39 is 0 Å². The minimum absolute atomic E-state index is 1.23.